The average Bonchev–Trinajstić information content (AvgIpc) is 2.79. The molecule has 0 saturated heterocycles. The van der Waals surface area contributed by atoms with Gasteiger partial charge in [0.15, 0.2) is 11.5 Å². The summed E-state index contributed by atoms with van der Waals surface area (Å²) >= 11 is -1.31. The molecule has 1 heterocycles. The van der Waals surface area contributed by atoms with Crippen LogP contribution >= 0.6 is 0 Å². The molecule has 0 radical (unpaired) electrons. The number of oxazole rings is 1. The van der Waals surface area contributed by atoms with Crippen molar-refractivity contribution in [1.82, 2.24) is 10.3 Å². The van der Waals surface area contributed by atoms with Crippen molar-refractivity contribution in [2.45, 2.75) is 39.5 Å². The number of nitrogens with one attached hydrogen (secondary N) is 1. The molecule has 2 rings (SSSR count). The zero-order valence-electron chi connectivity index (χ0n) is 13.9. The fourth-order valence-corrected chi connectivity index (χ4v) is 3.23. The van der Waals surface area contributed by atoms with Gasteiger partial charge in [-0.1, -0.05) is 17.7 Å². The standard InChI is InChI=1S/C17H22N2O3S/c1-11(2)18-16(20)10-23(21)9-15-13(4)22-17(19-15)14-7-5-6-12(3)8-14/h5-8,11H,9-10H2,1-4H3,(H,18,20). The molecule has 0 saturated carbocycles. The predicted octanol–water partition coefficient (Wildman–Crippen LogP) is 2.73. The lowest BCUT2D eigenvalue weighted by molar-refractivity contribution is -0.119. The van der Waals surface area contributed by atoms with E-state index in [0.29, 0.717) is 17.3 Å². The van der Waals surface area contributed by atoms with Crippen molar-refractivity contribution in [2.75, 3.05) is 5.75 Å². The van der Waals surface area contributed by atoms with Crippen molar-refractivity contribution in [3.05, 3.63) is 41.3 Å². The van der Waals surface area contributed by atoms with Crippen molar-refractivity contribution in [2.24, 2.45) is 0 Å². The first-order valence-corrected chi connectivity index (χ1v) is 9.01. The summed E-state index contributed by atoms with van der Waals surface area (Å²) < 4.78 is 17.8. The summed E-state index contributed by atoms with van der Waals surface area (Å²) in [5.74, 6) is 1.14. The largest absolute Gasteiger partial charge is 0.616 e. The fourth-order valence-electron chi connectivity index (χ4n) is 2.18. The molecule has 1 aromatic carbocycles. The van der Waals surface area contributed by atoms with Gasteiger partial charge in [-0.25, -0.2) is 4.98 Å². The number of benzene rings is 1. The first-order chi connectivity index (χ1) is 10.8. The SMILES string of the molecule is Cc1cccc(-c2nc(C[S+]([O-])CC(=O)NC(C)C)c(C)o2)c1. The summed E-state index contributed by atoms with van der Waals surface area (Å²) in [6.45, 7) is 7.54. The highest BCUT2D eigenvalue weighted by molar-refractivity contribution is 7.91. The number of nitrogens with zero attached hydrogens (tertiary/aromatic N) is 1. The number of carbonyl (C=O) groups is 1. The van der Waals surface area contributed by atoms with Crippen LogP contribution in [-0.4, -0.2) is 27.2 Å². The van der Waals surface area contributed by atoms with Crippen LogP contribution < -0.4 is 5.32 Å². The van der Waals surface area contributed by atoms with Crippen LogP contribution in [0.2, 0.25) is 0 Å². The summed E-state index contributed by atoms with van der Waals surface area (Å²) in [6, 6.07) is 7.90. The molecule has 0 spiro atoms. The van der Waals surface area contributed by atoms with E-state index in [1.807, 2.05) is 45.0 Å². The Balaban J connectivity index is 2.05. The van der Waals surface area contributed by atoms with Crippen LogP contribution in [-0.2, 0) is 21.7 Å². The van der Waals surface area contributed by atoms with Crippen LogP contribution in [0.4, 0.5) is 0 Å². The molecule has 1 aromatic heterocycles. The van der Waals surface area contributed by atoms with Gasteiger partial charge >= 0.3 is 0 Å². The Bertz CT molecular complexity index is 682. The predicted molar refractivity (Wildman–Crippen MR) is 91.4 cm³/mol. The summed E-state index contributed by atoms with van der Waals surface area (Å²) in [5.41, 5.74) is 2.65. The Morgan fingerprint density at radius 2 is 2.13 bits per heavy atom. The summed E-state index contributed by atoms with van der Waals surface area (Å²) in [5, 5.41) is 2.74. The minimum atomic E-state index is -1.31. The molecule has 0 aliphatic heterocycles. The highest BCUT2D eigenvalue weighted by Gasteiger charge is 2.20. The number of hydrogen-bond acceptors (Lipinski definition) is 4. The zero-order chi connectivity index (χ0) is 17.0. The molecule has 1 atom stereocenters. The van der Waals surface area contributed by atoms with Gasteiger partial charge in [-0.15, -0.1) is 0 Å². The molecule has 1 amide bonds. The van der Waals surface area contributed by atoms with Crippen molar-refractivity contribution in [3.63, 3.8) is 0 Å². The maximum Gasteiger partial charge on any atom is 0.270 e. The van der Waals surface area contributed by atoms with E-state index in [1.165, 1.54) is 0 Å². The first-order valence-electron chi connectivity index (χ1n) is 7.53. The molecule has 5 nitrogen and oxygen atoms in total. The number of aryl methyl sites for hydroxylation is 2. The van der Waals surface area contributed by atoms with Gasteiger partial charge in [-0.2, -0.15) is 0 Å². The smallest absolute Gasteiger partial charge is 0.270 e. The number of amides is 1. The lowest BCUT2D eigenvalue weighted by Crippen LogP contribution is -2.35. The van der Waals surface area contributed by atoms with Gasteiger partial charge in [0.2, 0.25) is 5.89 Å². The molecule has 23 heavy (non-hydrogen) atoms. The van der Waals surface area contributed by atoms with Gasteiger partial charge in [0, 0.05) is 11.6 Å². The summed E-state index contributed by atoms with van der Waals surface area (Å²) in [6.07, 6.45) is 0. The minimum absolute atomic E-state index is 0.0236. The second kappa shape index (κ2) is 7.66. The van der Waals surface area contributed by atoms with Crippen molar-refractivity contribution < 1.29 is 13.8 Å². The molecule has 1 unspecified atom stereocenters. The van der Waals surface area contributed by atoms with E-state index in [0.717, 1.165) is 11.1 Å². The quantitative estimate of drug-likeness (QED) is 0.824. The van der Waals surface area contributed by atoms with Crippen LogP contribution in [0.5, 0.6) is 0 Å². The van der Waals surface area contributed by atoms with Gasteiger partial charge in [0.1, 0.15) is 11.5 Å². The molecule has 2 aromatic rings. The number of aromatic nitrogens is 1. The van der Waals surface area contributed by atoms with E-state index < -0.39 is 11.2 Å². The van der Waals surface area contributed by atoms with Crippen LogP contribution in [0, 0.1) is 13.8 Å². The van der Waals surface area contributed by atoms with Crippen LogP contribution in [0.25, 0.3) is 11.5 Å². The normalized spacial score (nSPS) is 12.4. The van der Waals surface area contributed by atoms with Crippen LogP contribution in [0.15, 0.2) is 28.7 Å². The fraction of sp³-hybridized carbons (Fsp3) is 0.412. The Morgan fingerprint density at radius 3 is 2.78 bits per heavy atom. The van der Waals surface area contributed by atoms with Crippen molar-refractivity contribution in [1.29, 1.82) is 0 Å². The van der Waals surface area contributed by atoms with E-state index in [9.17, 15) is 9.35 Å². The maximum absolute atomic E-state index is 12.1. The molecule has 0 aliphatic carbocycles. The highest BCUT2D eigenvalue weighted by atomic mass is 32.2. The Labute approximate surface area is 139 Å². The van der Waals surface area contributed by atoms with E-state index in [2.05, 4.69) is 10.3 Å². The van der Waals surface area contributed by atoms with Gasteiger partial charge in [0.25, 0.3) is 5.91 Å². The topological polar surface area (TPSA) is 78.2 Å². The second-order valence-electron chi connectivity index (χ2n) is 5.84. The molecule has 0 fully saturated rings. The van der Waals surface area contributed by atoms with Gasteiger partial charge < -0.3 is 14.3 Å². The first kappa shape index (κ1) is 17.6. The van der Waals surface area contributed by atoms with E-state index >= 15 is 0 Å². The van der Waals surface area contributed by atoms with E-state index in [4.69, 9.17) is 4.42 Å². The van der Waals surface area contributed by atoms with E-state index in [-0.39, 0.29) is 23.5 Å². The summed E-state index contributed by atoms with van der Waals surface area (Å²) in [4.78, 5) is 16.1. The maximum atomic E-state index is 12.1. The average molecular weight is 334 g/mol. The lowest BCUT2D eigenvalue weighted by Gasteiger charge is -2.11. The minimum Gasteiger partial charge on any atom is -0.616 e. The Morgan fingerprint density at radius 1 is 1.39 bits per heavy atom. The number of carbonyl (C=O) groups excluding carboxylic acids is 1. The Hall–Kier alpha value is -1.79. The van der Waals surface area contributed by atoms with Crippen LogP contribution in [0.1, 0.15) is 30.9 Å². The summed E-state index contributed by atoms with van der Waals surface area (Å²) in [7, 11) is 0. The van der Waals surface area contributed by atoms with Crippen molar-refractivity contribution >= 4 is 17.1 Å². The molecule has 6 heteroatoms. The van der Waals surface area contributed by atoms with Crippen LogP contribution in [0.3, 0.4) is 0 Å². The zero-order valence-corrected chi connectivity index (χ0v) is 14.7. The molecule has 0 aliphatic rings. The molecular formula is C17H22N2O3S. The third-order valence-corrected chi connectivity index (χ3v) is 4.38. The number of rotatable bonds is 6. The molecule has 0 bridgehead atoms. The highest BCUT2D eigenvalue weighted by Crippen LogP contribution is 2.23. The van der Waals surface area contributed by atoms with Gasteiger partial charge in [-0.05, 0) is 51.0 Å². The lowest BCUT2D eigenvalue weighted by atomic mass is 10.1. The third-order valence-electron chi connectivity index (χ3n) is 3.20. The monoisotopic (exact) mass is 334 g/mol. The van der Waals surface area contributed by atoms with Gasteiger partial charge in [-0.3, -0.25) is 4.79 Å². The third kappa shape index (κ3) is 5.11. The van der Waals surface area contributed by atoms with Crippen molar-refractivity contribution in [3.8, 4) is 11.5 Å². The molecular weight excluding hydrogens is 312 g/mol. The van der Waals surface area contributed by atoms with Gasteiger partial charge in [0.05, 0.1) is 0 Å². The molecule has 124 valence electrons. The number of hydrogen-bond donors (Lipinski definition) is 1. The van der Waals surface area contributed by atoms with E-state index in [1.54, 1.807) is 6.92 Å². The molecule has 1 N–H and O–H groups in total. The Kier molecular flexibility index (Phi) is 5.85. The second-order valence-corrected chi connectivity index (χ2v) is 7.30.